The second kappa shape index (κ2) is 16.1. The van der Waals surface area contributed by atoms with Gasteiger partial charge in [-0.15, -0.1) is 0 Å². The number of ether oxygens (including phenoxy) is 1. The normalized spacial score (nSPS) is 49.0. The predicted molar refractivity (Wildman–Crippen MR) is 237 cm³/mol. The number of rotatable bonds is 11. The molecule has 0 amide bonds. The number of fused-ring (bicyclic) bond motifs is 9. The van der Waals surface area contributed by atoms with Crippen LogP contribution >= 0.6 is 0 Å². The lowest BCUT2D eigenvalue weighted by Gasteiger charge is -2.73. The Hall–Kier alpha value is -2.44. The van der Waals surface area contributed by atoms with E-state index < -0.39 is 69.7 Å². The first-order chi connectivity index (χ1) is 30.3. The third-order valence-electron chi connectivity index (χ3n) is 20.8. The molecule has 10 rings (SSSR count). The van der Waals surface area contributed by atoms with Gasteiger partial charge < -0.3 is 45.5 Å². The van der Waals surface area contributed by atoms with Crippen molar-refractivity contribution < 1.29 is 45.0 Å². The summed E-state index contributed by atoms with van der Waals surface area (Å²) in [7, 11) is 1.91. The first kappa shape index (κ1) is 44.4. The van der Waals surface area contributed by atoms with E-state index in [1.807, 2.05) is 38.2 Å². The van der Waals surface area contributed by atoms with E-state index in [0.717, 1.165) is 61.5 Å². The quantitative estimate of drug-likeness (QED) is 0.0607. The van der Waals surface area contributed by atoms with E-state index in [0.29, 0.717) is 56.8 Å². The third-order valence-corrected chi connectivity index (χ3v) is 20.8. The number of benzene rings is 1. The third kappa shape index (κ3) is 6.05. The number of allylic oxidation sites excluding steroid dienone is 2. The highest BCUT2D eigenvalue weighted by molar-refractivity contribution is 5.86. The Balaban J connectivity index is 1.08. The van der Waals surface area contributed by atoms with Crippen molar-refractivity contribution >= 4 is 12.3 Å². The molecule has 9 aliphatic rings. The second-order valence-electron chi connectivity index (χ2n) is 22.8. The van der Waals surface area contributed by atoms with E-state index in [2.05, 4.69) is 24.4 Å². The summed E-state index contributed by atoms with van der Waals surface area (Å²) in [5, 5.41) is 81.9. The van der Waals surface area contributed by atoms with Crippen LogP contribution in [0.1, 0.15) is 128 Å². The first-order valence-electron chi connectivity index (χ1n) is 25.2. The number of aldehydes is 1. The maximum Gasteiger partial charge on any atom is 0.331 e. The number of hydrogen-bond acceptors (Lipinski definition) is 10. The van der Waals surface area contributed by atoms with Crippen LogP contribution in [-0.2, 0) is 27.4 Å². The fourth-order valence-electron chi connectivity index (χ4n) is 18.1. The zero-order valence-corrected chi connectivity index (χ0v) is 37.9. The molecule has 346 valence electrons. The smallest absolute Gasteiger partial charge is 0.331 e. The molecular formula is C53H75NO9. The number of unbranched alkanes of at least 4 members (excludes halogenated alkanes) is 2. The van der Waals surface area contributed by atoms with Gasteiger partial charge in [-0.25, -0.2) is 4.79 Å². The maximum atomic E-state index is 14.6. The standard InChI is InChI=1S/C53H75NO9/c1-4-5-6-15-33-26-50(29-56)43-19-20-49(2)45-35(21-38(47-39(45)25-44(57)63-47)42(54-3)23-31-14-9-10-16-34(31)28-55)27-51(49,60)53(43,62)48(59)41-24-37-32(22-40(46(33)58)52(41,50)61)17-11-18-36(37)30-12-7-8-13-30/h9-11,14,16-17,25,29-30,32-33,35-38,40-43,45-48,54-55,58-62H,4-8,12-13,15,18-24,26-28H2,1-3H3. The molecule has 1 aromatic carbocycles. The van der Waals surface area contributed by atoms with Crippen molar-refractivity contribution in [3.8, 4) is 0 Å². The van der Waals surface area contributed by atoms with Crippen LogP contribution in [0.2, 0.25) is 0 Å². The Kier molecular flexibility index (Phi) is 11.4. The average molecular weight is 870 g/mol. The van der Waals surface area contributed by atoms with Crippen LogP contribution in [0.5, 0.6) is 0 Å². The number of nitrogens with one attached hydrogen (secondary N) is 1. The Bertz CT molecular complexity index is 1980. The molecule has 1 aliphatic heterocycles. The Labute approximate surface area is 374 Å². The molecule has 8 aliphatic carbocycles. The molecule has 19 atom stereocenters. The zero-order valence-electron chi connectivity index (χ0n) is 37.9. The molecule has 1 heterocycles. The summed E-state index contributed by atoms with van der Waals surface area (Å²) in [5.74, 6) is -2.90. The van der Waals surface area contributed by atoms with Gasteiger partial charge in [-0.2, -0.15) is 0 Å². The highest BCUT2D eigenvalue weighted by atomic mass is 16.5. The number of aliphatic hydroxyl groups is 6. The van der Waals surface area contributed by atoms with Crippen molar-refractivity contribution in [2.75, 3.05) is 7.05 Å². The van der Waals surface area contributed by atoms with E-state index in [1.165, 1.54) is 12.8 Å². The molecule has 0 spiro atoms. The van der Waals surface area contributed by atoms with Gasteiger partial charge in [0.05, 0.1) is 29.8 Å². The first-order valence-corrected chi connectivity index (χ1v) is 25.2. The number of carbonyl (C=O) groups is 2. The highest BCUT2D eigenvalue weighted by Gasteiger charge is 2.85. The number of carbonyl (C=O) groups excluding carboxylic acids is 2. The molecular weight excluding hydrogens is 795 g/mol. The average Bonchev–Trinajstić information content (AvgIpc) is 3.99. The molecule has 19 unspecified atom stereocenters. The number of esters is 1. The highest BCUT2D eigenvalue weighted by Crippen LogP contribution is 2.77. The summed E-state index contributed by atoms with van der Waals surface area (Å²) in [6, 6.07) is 7.69. The van der Waals surface area contributed by atoms with Crippen molar-refractivity contribution in [2.45, 2.75) is 171 Å². The summed E-state index contributed by atoms with van der Waals surface area (Å²) in [6.07, 6.45) is 16.6. The molecule has 10 heteroatoms. The van der Waals surface area contributed by atoms with Crippen LogP contribution in [0.25, 0.3) is 0 Å². The number of likely N-dealkylation sites (N-methyl/N-ethyl adjacent to an activating group) is 1. The minimum atomic E-state index is -2.17. The van der Waals surface area contributed by atoms with Crippen LogP contribution < -0.4 is 5.32 Å². The Morgan fingerprint density at radius 3 is 2.41 bits per heavy atom. The Morgan fingerprint density at radius 1 is 0.937 bits per heavy atom. The van der Waals surface area contributed by atoms with Gasteiger partial charge >= 0.3 is 5.97 Å². The molecule has 0 saturated heterocycles. The van der Waals surface area contributed by atoms with Gasteiger partial charge in [0.15, 0.2) is 0 Å². The SMILES string of the molecule is CCCCCC1CC2(C=O)C3CCC4(C)C5C6=CC(=O)OC6C(C(Cc6ccccc6CO)NC)CC5CC4(O)C3(O)C(O)C3CC4C(C=CCC4C4CCCC4)CC(C1O)C32O. The van der Waals surface area contributed by atoms with Gasteiger partial charge in [-0.3, -0.25) is 0 Å². The van der Waals surface area contributed by atoms with E-state index in [-0.39, 0.29) is 61.0 Å². The molecule has 10 nitrogen and oxygen atoms in total. The van der Waals surface area contributed by atoms with Crippen LogP contribution in [0.3, 0.4) is 0 Å². The van der Waals surface area contributed by atoms with E-state index >= 15 is 0 Å². The Morgan fingerprint density at radius 2 is 1.70 bits per heavy atom. The van der Waals surface area contributed by atoms with E-state index in [1.54, 1.807) is 6.08 Å². The van der Waals surface area contributed by atoms with Crippen LogP contribution in [0, 0.1) is 75.9 Å². The van der Waals surface area contributed by atoms with Gasteiger partial charge in [-0.05, 0) is 129 Å². The van der Waals surface area contributed by atoms with Crippen LogP contribution in [0.15, 0.2) is 48.1 Å². The summed E-state index contributed by atoms with van der Waals surface area (Å²) < 4.78 is 6.20. The van der Waals surface area contributed by atoms with Gasteiger partial charge in [0.1, 0.15) is 23.6 Å². The molecule has 7 N–H and O–H groups in total. The lowest BCUT2D eigenvalue weighted by Crippen LogP contribution is -2.85. The van der Waals surface area contributed by atoms with Gasteiger partial charge in [0.25, 0.3) is 0 Å². The number of hydrogen-bond donors (Lipinski definition) is 7. The minimum Gasteiger partial charge on any atom is -0.454 e. The molecule has 7 fully saturated rings. The van der Waals surface area contributed by atoms with Crippen molar-refractivity contribution in [2.24, 2.45) is 75.9 Å². The topological polar surface area (TPSA) is 177 Å². The molecule has 7 saturated carbocycles. The summed E-state index contributed by atoms with van der Waals surface area (Å²) in [5.41, 5.74) is -5.65. The predicted octanol–water partition coefficient (Wildman–Crippen LogP) is 5.97. The minimum absolute atomic E-state index is 0.0640. The van der Waals surface area contributed by atoms with Crippen molar-refractivity contribution in [1.29, 1.82) is 0 Å². The largest absolute Gasteiger partial charge is 0.454 e. The molecule has 0 aromatic heterocycles. The van der Waals surface area contributed by atoms with Gasteiger partial charge in [0.2, 0.25) is 0 Å². The zero-order chi connectivity index (χ0) is 44.3. The molecule has 1 aromatic rings. The fraction of sp³-hybridized carbons (Fsp3) is 0.774. The summed E-state index contributed by atoms with van der Waals surface area (Å²) in [6.45, 7) is 4.10. The lowest BCUT2D eigenvalue weighted by molar-refractivity contribution is -0.377. The summed E-state index contributed by atoms with van der Waals surface area (Å²) in [4.78, 5) is 28.0. The van der Waals surface area contributed by atoms with E-state index in [9.17, 15) is 40.2 Å². The summed E-state index contributed by atoms with van der Waals surface area (Å²) >= 11 is 0. The van der Waals surface area contributed by atoms with E-state index in [4.69, 9.17) is 4.74 Å². The fourth-order valence-corrected chi connectivity index (χ4v) is 18.1. The lowest BCUT2D eigenvalue weighted by atomic mass is 9.34. The van der Waals surface area contributed by atoms with Crippen LogP contribution in [0.4, 0.5) is 0 Å². The van der Waals surface area contributed by atoms with Gasteiger partial charge in [-0.1, -0.05) is 95.2 Å². The second-order valence-corrected chi connectivity index (χ2v) is 22.8. The van der Waals surface area contributed by atoms with Crippen molar-refractivity contribution in [3.05, 3.63) is 59.2 Å². The van der Waals surface area contributed by atoms with Crippen molar-refractivity contribution in [1.82, 2.24) is 5.32 Å². The number of aliphatic hydroxyl groups excluding tert-OH is 3. The maximum absolute atomic E-state index is 14.6. The molecule has 63 heavy (non-hydrogen) atoms. The van der Waals surface area contributed by atoms with Crippen LogP contribution in [-0.4, -0.2) is 91.1 Å². The van der Waals surface area contributed by atoms with Crippen molar-refractivity contribution in [3.63, 3.8) is 0 Å². The monoisotopic (exact) mass is 870 g/mol. The molecule has 0 bridgehead atoms. The molecule has 0 radical (unpaired) electrons. The van der Waals surface area contributed by atoms with Gasteiger partial charge in [0, 0.05) is 41.2 Å².